The molecule has 0 radical (unpaired) electrons. The van der Waals surface area contributed by atoms with Crippen LogP contribution in [0.15, 0.2) is 48.5 Å². The Morgan fingerprint density at radius 1 is 0.722 bits per heavy atom. The smallest absolute Gasteiger partial charge is 0.156 e. The first-order valence-corrected chi connectivity index (χ1v) is 6.18. The van der Waals surface area contributed by atoms with E-state index in [2.05, 4.69) is 9.97 Å². The second kappa shape index (κ2) is 4.56. The molecular weight excluding hydrogens is 267 g/mol. The molecule has 18 heavy (non-hydrogen) atoms. The molecule has 2 nitrogen and oxygen atoms in total. The highest BCUT2D eigenvalue weighted by molar-refractivity contribution is 6.32. The number of halogens is 2. The molecule has 1 aromatic heterocycles. The molecular formula is C14H8Cl2N2. The van der Waals surface area contributed by atoms with Gasteiger partial charge in [0.15, 0.2) is 5.15 Å². The van der Waals surface area contributed by atoms with Crippen LogP contribution in [0.1, 0.15) is 0 Å². The fraction of sp³-hybridized carbons (Fsp3) is 0. The molecule has 1 heterocycles. The van der Waals surface area contributed by atoms with Crippen molar-refractivity contribution in [3.63, 3.8) is 0 Å². The second-order valence-electron chi connectivity index (χ2n) is 3.86. The van der Waals surface area contributed by atoms with Gasteiger partial charge in [0.05, 0.1) is 11.0 Å². The van der Waals surface area contributed by atoms with E-state index in [0.29, 0.717) is 15.9 Å². The van der Waals surface area contributed by atoms with E-state index >= 15 is 0 Å². The molecule has 0 bridgehead atoms. The van der Waals surface area contributed by atoms with Crippen molar-refractivity contribution in [1.29, 1.82) is 0 Å². The van der Waals surface area contributed by atoms with Gasteiger partial charge in [0, 0.05) is 10.6 Å². The summed E-state index contributed by atoms with van der Waals surface area (Å²) < 4.78 is 0. The maximum Gasteiger partial charge on any atom is 0.156 e. The van der Waals surface area contributed by atoms with Gasteiger partial charge in [-0.1, -0.05) is 47.5 Å². The minimum atomic E-state index is 0.399. The van der Waals surface area contributed by atoms with Gasteiger partial charge in [0.25, 0.3) is 0 Å². The topological polar surface area (TPSA) is 25.8 Å². The summed E-state index contributed by atoms with van der Waals surface area (Å²) in [6.07, 6.45) is 0. The molecule has 0 aliphatic carbocycles. The summed E-state index contributed by atoms with van der Waals surface area (Å²) in [6, 6.07) is 15.0. The van der Waals surface area contributed by atoms with Crippen LogP contribution in [0.5, 0.6) is 0 Å². The van der Waals surface area contributed by atoms with Gasteiger partial charge in [-0.2, -0.15) is 0 Å². The largest absolute Gasteiger partial charge is 0.243 e. The van der Waals surface area contributed by atoms with Crippen LogP contribution in [0, 0.1) is 0 Å². The molecule has 0 amide bonds. The Morgan fingerprint density at radius 2 is 1.33 bits per heavy atom. The molecule has 0 spiro atoms. The van der Waals surface area contributed by atoms with E-state index < -0.39 is 0 Å². The number of hydrogen-bond acceptors (Lipinski definition) is 2. The Hall–Kier alpha value is -1.64. The molecule has 0 unspecified atom stereocenters. The lowest BCUT2D eigenvalue weighted by molar-refractivity contribution is 1.29. The normalized spacial score (nSPS) is 10.8. The van der Waals surface area contributed by atoms with Gasteiger partial charge in [0.2, 0.25) is 0 Å². The Balaban J connectivity index is 2.22. The van der Waals surface area contributed by atoms with Crippen molar-refractivity contribution in [2.24, 2.45) is 0 Å². The molecule has 3 aromatic rings. The predicted molar refractivity (Wildman–Crippen MR) is 75.0 cm³/mol. The summed E-state index contributed by atoms with van der Waals surface area (Å²) in [5.41, 5.74) is 3.20. The van der Waals surface area contributed by atoms with Crippen LogP contribution in [-0.4, -0.2) is 9.97 Å². The molecule has 0 saturated carbocycles. The van der Waals surface area contributed by atoms with Crippen molar-refractivity contribution < 1.29 is 0 Å². The van der Waals surface area contributed by atoms with Gasteiger partial charge in [-0.05, 0) is 24.3 Å². The number of benzene rings is 2. The SMILES string of the molecule is Clc1ccc(-c2nc3ccccc3nc2Cl)cc1. The average Bonchev–Trinajstić information content (AvgIpc) is 2.39. The van der Waals surface area contributed by atoms with Gasteiger partial charge in [0.1, 0.15) is 5.69 Å². The van der Waals surface area contributed by atoms with Crippen molar-refractivity contribution in [1.82, 2.24) is 9.97 Å². The first kappa shape index (κ1) is 11.5. The zero-order valence-corrected chi connectivity index (χ0v) is 10.8. The summed E-state index contributed by atoms with van der Waals surface area (Å²) >= 11 is 12.0. The first-order chi connectivity index (χ1) is 8.74. The first-order valence-electron chi connectivity index (χ1n) is 5.42. The van der Waals surface area contributed by atoms with Crippen LogP contribution in [0.25, 0.3) is 22.3 Å². The van der Waals surface area contributed by atoms with Crippen molar-refractivity contribution >= 4 is 34.2 Å². The van der Waals surface area contributed by atoms with Gasteiger partial charge in [-0.25, -0.2) is 9.97 Å². The minimum absolute atomic E-state index is 0.399. The van der Waals surface area contributed by atoms with Crippen LogP contribution in [0.2, 0.25) is 10.2 Å². The van der Waals surface area contributed by atoms with E-state index in [1.807, 2.05) is 48.5 Å². The fourth-order valence-corrected chi connectivity index (χ4v) is 2.14. The van der Waals surface area contributed by atoms with Gasteiger partial charge >= 0.3 is 0 Å². The molecule has 4 heteroatoms. The molecule has 0 fully saturated rings. The lowest BCUT2D eigenvalue weighted by atomic mass is 10.1. The van der Waals surface area contributed by atoms with Crippen LogP contribution in [0.3, 0.4) is 0 Å². The van der Waals surface area contributed by atoms with E-state index in [1.165, 1.54) is 0 Å². The quantitative estimate of drug-likeness (QED) is 0.648. The second-order valence-corrected chi connectivity index (χ2v) is 4.65. The van der Waals surface area contributed by atoms with Crippen molar-refractivity contribution in [3.8, 4) is 11.3 Å². The summed E-state index contributed by atoms with van der Waals surface area (Å²) in [4.78, 5) is 8.88. The molecule has 0 aliphatic heterocycles. The summed E-state index contributed by atoms with van der Waals surface area (Å²) in [6.45, 7) is 0. The highest BCUT2D eigenvalue weighted by Crippen LogP contribution is 2.27. The third-order valence-corrected chi connectivity index (χ3v) is 3.16. The van der Waals surface area contributed by atoms with Crippen molar-refractivity contribution in [2.75, 3.05) is 0 Å². The van der Waals surface area contributed by atoms with Gasteiger partial charge in [-0.15, -0.1) is 0 Å². The number of rotatable bonds is 1. The molecule has 0 atom stereocenters. The standard InChI is InChI=1S/C14H8Cl2N2/c15-10-7-5-9(6-8-10)13-14(16)18-12-4-2-1-3-11(12)17-13/h1-8H. The fourth-order valence-electron chi connectivity index (χ4n) is 1.77. The van der Waals surface area contributed by atoms with Crippen LogP contribution in [-0.2, 0) is 0 Å². The molecule has 88 valence electrons. The Kier molecular flexibility index (Phi) is 2.90. The van der Waals surface area contributed by atoms with E-state index in [0.717, 1.165) is 16.6 Å². The molecule has 0 aliphatic rings. The lowest BCUT2D eigenvalue weighted by Gasteiger charge is -2.05. The minimum Gasteiger partial charge on any atom is -0.243 e. The number of hydrogen-bond donors (Lipinski definition) is 0. The summed E-state index contributed by atoms with van der Waals surface area (Å²) in [5, 5.41) is 1.08. The highest BCUT2D eigenvalue weighted by atomic mass is 35.5. The van der Waals surface area contributed by atoms with Crippen LogP contribution < -0.4 is 0 Å². The van der Waals surface area contributed by atoms with Crippen LogP contribution >= 0.6 is 23.2 Å². The highest BCUT2D eigenvalue weighted by Gasteiger charge is 2.08. The lowest BCUT2D eigenvalue weighted by Crippen LogP contribution is -1.90. The van der Waals surface area contributed by atoms with Gasteiger partial charge < -0.3 is 0 Å². The monoisotopic (exact) mass is 274 g/mol. The summed E-state index contributed by atoms with van der Waals surface area (Å²) in [7, 11) is 0. The van der Waals surface area contributed by atoms with Crippen molar-refractivity contribution in [3.05, 3.63) is 58.7 Å². The van der Waals surface area contributed by atoms with E-state index in [4.69, 9.17) is 23.2 Å². The van der Waals surface area contributed by atoms with E-state index in [-0.39, 0.29) is 0 Å². The van der Waals surface area contributed by atoms with E-state index in [9.17, 15) is 0 Å². The molecule has 2 aromatic carbocycles. The Morgan fingerprint density at radius 3 is 2.00 bits per heavy atom. The number of aromatic nitrogens is 2. The number of nitrogens with zero attached hydrogens (tertiary/aromatic N) is 2. The van der Waals surface area contributed by atoms with Crippen LogP contribution in [0.4, 0.5) is 0 Å². The van der Waals surface area contributed by atoms with Gasteiger partial charge in [-0.3, -0.25) is 0 Å². The predicted octanol–water partition coefficient (Wildman–Crippen LogP) is 4.60. The zero-order valence-electron chi connectivity index (χ0n) is 9.27. The molecule has 0 saturated heterocycles. The number of para-hydroxylation sites is 2. The summed E-state index contributed by atoms with van der Waals surface area (Å²) in [5.74, 6) is 0. The van der Waals surface area contributed by atoms with Crippen molar-refractivity contribution in [2.45, 2.75) is 0 Å². The molecule has 0 N–H and O–H groups in total. The third-order valence-electron chi connectivity index (χ3n) is 2.65. The van der Waals surface area contributed by atoms with E-state index in [1.54, 1.807) is 0 Å². The number of fused-ring (bicyclic) bond motifs is 1. The third kappa shape index (κ3) is 2.05. The Bertz CT molecular complexity index is 709. The zero-order chi connectivity index (χ0) is 12.5. The Labute approximate surface area is 114 Å². The average molecular weight is 275 g/mol. The molecule has 3 rings (SSSR count). The maximum absolute atomic E-state index is 6.17. The maximum atomic E-state index is 6.17.